The summed E-state index contributed by atoms with van der Waals surface area (Å²) < 4.78 is 20.0. The van der Waals surface area contributed by atoms with Crippen molar-refractivity contribution in [1.82, 2.24) is 0 Å². The molecule has 0 aromatic heterocycles. The minimum Gasteiger partial charge on any atom is -0.473 e. The van der Waals surface area contributed by atoms with Crippen LogP contribution in [0.4, 0.5) is 0 Å². The van der Waals surface area contributed by atoms with Gasteiger partial charge in [-0.05, 0) is 6.92 Å². The van der Waals surface area contributed by atoms with Gasteiger partial charge in [0.05, 0.1) is 24.7 Å². The molecule has 0 aliphatic heterocycles. The molecule has 0 radical (unpaired) electrons. The average molecular weight is 394 g/mol. The summed E-state index contributed by atoms with van der Waals surface area (Å²) in [6.07, 6.45) is -5.44. The van der Waals surface area contributed by atoms with E-state index in [0.29, 0.717) is 5.76 Å². The van der Waals surface area contributed by atoms with E-state index in [9.17, 15) is 9.59 Å². The second-order valence-electron chi connectivity index (χ2n) is 6.13. The van der Waals surface area contributed by atoms with E-state index in [1.807, 2.05) is 0 Å². The van der Waals surface area contributed by atoms with Crippen LogP contribution in [0.15, 0.2) is 12.3 Å². The normalized spacial score (nSPS) is 14.6. The van der Waals surface area contributed by atoms with Crippen molar-refractivity contribution in [1.29, 1.82) is 0 Å². The molecule has 0 spiro atoms. The standard InChI is InChI=1S/C17H30O10/c1-10(2)26-9-24-5-6-25-15(20)8-13(7-14(18)19)27-17(23)12(4)11(3)16(21)22/h11-14,16,18-19,21-22H,1,5-9H2,2-4H3. The number of rotatable bonds is 14. The molecule has 0 heterocycles. The molecule has 0 saturated heterocycles. The van der Waals surface area contributed by atoms with Crippen molar-refractivity contribution >= 4 is 11.9 Å². The largest absolute Gasteiger partial charge is 0.473 e. The first-order valence-electron chi connectivity index (χ1n) is 8.49. The Kier molecular flexibility index (Phi) is 12.6. The van der Waals surface area contributed by atoms with Gasteiger partial charge in [-0.3, -0.25) is 9.59 Å². The molecule has 0 aliphatic rings. The Labute approximate surface area is 158 Å². The van der Waals surface area contributed by atoms with Gasteiger partial charge in [-0.1, -0.05) is 20.4 Å². The van der Waals surface area contributed by atoms with Crippen molar-refractivity contribution < 1.29 is 49.0 Å². The van der Waals surface area contributed by atoms with E-state index in [-0.39, 0.29) is 20.0 Å². The maximum Gasteiger partial charge on any atom is 0.309 e. The van der Waals surface area contributed by atoms with Crippen LogP contribution in [0.3, 0.4) is 0 Å². The third-order valence-electron chi connectivity index (χ3n) is 3.66. The minimum atomic E-state index is -1.80. The molecule has 0 rings (SSSR count). The highest BCUT2D eigenvalue weighted by Gasteiger charge is 2.30. The van der Waals surface area contributed by atoms with Crippen LogP contribution in [0, 0.1) is 11.8 Å². The third-order valence-corrected chi connectivity index (χ3v) is 3.66. The molecule has 0 aromatic carbocycles. The second-order valence-corrected chi connectivity index (χ2v) is 6.13. The Morgan fingerprint density at radius 1 is 1.04 bits per heavy atom. The van der Waals surface area contributed by atoms with Crippen LogP contribution in [0.25, 0.3) is 0 Å². The predicted molar refractivity (Wildman–Crippen MR) is 91.6 cm³/mol. The summed E-state index contributed by atoms with van der Waals surface area (Å²) in [6, 6.07) is 0. The van der Waals surface area contributed by atoms with E-state index >= 15 is 0 Å². The summed E-state index contributed by atoms with van der Waals surface area (Å²) in [5, 5.41) is 36.4. The zero-order chi connectivity index (χ0) is 21.0. The van der Waals surface area contributed by atoms with Gasteiger partial charge in [0.15, 0.2) is 19.4 Å². The number of ether oxygens (including phenoxy) is 4. The van der Waals surface area contributed by atoms with Crippen molar-refractivity contribution in [2.24, 2.45) is 11.8 Å². The van der Waals surface area contributed by atoms with Crippen LogP contribution in [-0.2, 0) is 28.5 Å². The van der Waals surface area contributed by atoms with Gasteiger partial charge < -0.3 is 39.4 Å². The van der Waals surface area contributed by atoms with E-state index in [1.165, 1.54) is 13.8 Å². The molecule has 0 aliphatic carbocycles. The fourth-order valence-corrected chi connectivity index (χ4v) is 1.81. The molecule has 158 valence electrons. The van der Waals surface area contributed by atoms with Crippen LogP contribution in [0.2, 0.25) is 0 Å². The Morgan fingerprint density at radius 2 is 1.67 bits per heavy atom. The van der Waals surface area contributed by atoms with Gasteiger partial charge in [-0.2, -0.15) is 0 Å². The fourth-order valence-electron chi connectivity index (χ4n) is 1.81. The highest BCUT2D eigenvalue weighted by atomic mass is 16.7. The van der Waals surface area contributed by atoms with Gasteiger partial charge >= 0.3 is 11.9 Å². The summed E-state index contributed by atoms with van der Waals surface area (Å²) in [5.41, 5.74) is 0. The van der Waals surface area contributed by atoms with E-state index in [4.69, 9.17) is 39.4 Å². The van der Waals surface area contributed by atoms with E-state index in [2.05, 4.69) is 6.58 Å². The SMILES string of the molecule is C=C(C)OCOCCOC(=O)CC(CC(O)O)OC(=O)C(C)C(C)C(O)O. The Morgan fingerprint density at radius 3 is 2.19 bits per heavy atom. The van der Waals surface area contributed by atoms with E-state index in [1.54, 1.807) is 6.92 Å². The number of allylic oxidation sites excluding steroid dienone is 1. The van der Waals surface area contributed by atoms with Crippen LogP contribution in [0.5, 0.6) is 0 Å². The molecule has 0 saturated carbocycles. The Bertz CT molecular complexity index is 463. The number of carbonyl (C=O) groups is 2. The first-order valence-corrected chi connectivity index (χ1v) is 8.49. The summed E-state index contributed by atoms with van der Waals surface area (Å²) in [6.45, 7) is 8.03. The van der Waals surface area contributed by atoms with Crippen molar-refractivity contribution in [2.75, 3.05) is 20.0 Å². The van der Waals surface area contributed by atoms with Gasteiger partial charge in [-0.25, -0.2) is 0 Å². The molecule has 3 unspecified atom stereocenters. The maximum atomic E-state index is 12.0. The lowest BCUT2D eigenvalue weighted by Gasteiger charge is -2.24. The van der Waals surface area contributed by atoms with Gasteiger partial charge in [-0.15, -0.1) is 0 Å². The van der Waals surface area contributed by atoms with Gasteiger partial charge in [0.2, 0.25) is 0 Å². The van der Waals surface area contributed by atoms with E-state index in [0.717, 1.165) is 0 Å². The maximum absolute atomic E-state index is 12.0. The van der Waals surface area contributed by atoms with Crippen LogP contribution in [0.1, 0.15) is 33.6 Å². The fraction of sp³-hybridized carbons (Fsp3) is 0.765. The topological polar surface area (TPSA) is 152 Å². The molecule has 0 aromatic rings. The number of hydrogen-bond acceptors (Lipinski definition) is 10. The van der Waals surface area contributed by atoms with Crippen LogP contribution >= 0.6 is 0 Å². The van der Waals surface area contributed by atoms with Crippen molar-refractivity contribution in [3.05, 3.63) is 12.3 Å². The number of aliphatic hydroxyl groups excluding tert-OH is 2. The summed E-state index contributed by atoms with van der Waals surface area (Å²) in [7, 11) is 0. The smallest absolute Gasteiger partial charge is 0.309 e. The summed E-state index contributed by atoms with van der Waals surface area (Å²) >= 11 is 0. The molecule has 0 amide bonds. The third kappa shape index (κ3) is 12.3. The quantitative estimate of drug-likeness (QED) is 0.133. The lowest BCUT2D eigenvalue weighted by atomic mass is 9.95. The van der Waals surface area contributed by atoms with Crippen molar-refractivity contribution in [3.63, 3.8) is 0 Å². The monoisotopic (exact) mass is 394 g/mol. The summed E-state index contributed by atoms with van der Waals surface area (Å²) in [4.78, 5) is 23.9. The van der Waals surface area contributed by atoms with Crippen molar-refractivity contribution in [3.8, 4) is 0 Å². The van der Waals surface area contributed by atoms with Gasteiger partial charge in [0, 0.05) is 12.3 Å². The van der Waals surface area contributed by atoms with Gasteiger partial charge in [0.1, 0.15) is 12.7 Å². The molecule has 4 N–H and O–H groups in total. The van der Waals surface area contributed by atoms with Crippen molar-refractivity contribution in [2.45, 2.75) is 52.3 Å². The molecule has 0 fully saturated rings. The number of hydrogen-bond donors (Lipinski definition) is 4. The molecule has 10 heteroatoms. The molecule has 27 heavy (non-hydrogen) atoms. The molecular formula is C17H30O10. The van der Waals surface area contributed by atoms with Gasteiger partial charge in [0.25, 0.3) is 0 Å². The van der Waals surface area contributed by atoms with Crippen LogP contribution in [-0.4, -0.2) is 71.1 Å². The number of aliphatic hydroxyl groups is 4. The first kappa shape index (κ1) is 25.3. The average Bonchev–Trinajstić information content (AvgIpc) is 2.55. The first-order chi connectivity index (χ1) is 12.5. The molecule has 10 nitrogen and oxygen atoms in total. The summed E-state index contributed by atoms with van der Waals surface area (Å²) in [5.74, 6) is -2.71. The minimum absolute atomic E-state index is 0.0311. The number of esters is 2. The Hall–Kier alpha value is -1.72. The van der Waals surface area contributed by atoms with Crippen LogP contribution < -0.4 is 0 Å². The number of carbonyl (C=O) groups excluding carboxylic acids is 2. The highest BCUT2D eigenvalue weighted by Crippen LogP contribution is 2.18. The zero-order valence-corrected chi connectivity index (χ0v) is 15.9. The lowest BCUT2D eigenvalue weighted by Crippen LogP contribution is -2.34. The molecule has 0 bridgehead atoms. The molecule has 3 atom stereocenters. The highest BCUT2D eigenvalue weighted by molar-refractivity contribution is 5.74. The lowest BCUT2D eigenvalue weighted by molar-refractivity contribution is -0.170. The Balaban J connectivity index is 4.41. The molecular weight excluding hydrogens is 364 g/mol. The zero-order valence-electron chi connectivity index (χ0n) is 15.9. The predicted octanol–water partition coefficient (Wildman–Crippen LogP) is -0.360. The van der Waals surface area contributed by atoms with E-state index < -0.39 is 55.3 Å². The second kappa shape index (κ2) is 13.4.